The maximum atomic E-state index is 10.6. The van der Waals surface area contributed by atoms with Gasteiger partial charge in [-0.3, -0.25) is 4.79 Å². The lowest BCUT2D eigenvalue weighted by Gasteiger charge is -2.13. The van der Waals surface area contributed by atoms with E-state index < -0.39 is 12.0 Å². The molecule has 0 aliphatic heterocycles. The standard InChI is InChI=1S/C10H17N3O2/c1-6(2)10-9(12-5-13(10)3)7(11)4-8(14)15/h5-7H,4,11H2,1-3H3,(H,14,15). The number of carboxylic acids is 1. The second-order valence-corrected chi connectivity index (χ2v) is 3.99. The summed E-state index contributed by atoms with van der Waals surface area (Å²) in [4.78, 5) is 14.7. The highest BCUT2D eigenvalue weighted by Gasteiger charge is 2.20. The van der Waals surface area contributed by atoms with Gasteiger partial charge < -0.3 is 15.4 Å². The molecule has 0 radical (unpaired) electrons. The van der Waals surface area contributed by atoms with Gasteiger partial charge in [-0.05, 0) is 5.92 Å². The monoisotopic (exact) mass is 211 g/mol. The van der Waals surface area contributed by atoms with E-state index in [1.165, 1.54) is 0 Å². The highest BCUT2D eigenvalue weighted by atomic mass is 16.4. The lowest BCUT2D eigenvalue weighted by atomic mass is 10.0. The molecule has 1 atom stereocenters. The highest BCUT2D eigenvalue weighted by molar-refractivity contribution is 5.67. The Balaban J connectivity index is 2.98. The van der Waals surface area contributed by atoms with Gasteiger partial charge in [-0.25, -0.2) is 4.98 Å². The van der Waals surface area contributed by atoms with Crippen LogP contribution in [-0.4, -0.2) is 20.6 Å². The van der Waals surface area contributed by atoms with Crippen molar-refractivity contribution in [2.24, 2.45) is 12.8 Å². The molecule has 0 aliphatic rings. The normalized spacial score (nSPS) is 13.1. The second kappa shape index (κ2) is 4.44. The molecule has 0 spiro atoms. The molecular weight excluding hydrogens is 194 g/mol. The summed E-state index contributed by atoms with van der Waals surface area (Å²) in [5.74, 6) is -0.616. The SMILES string of the molecule is CC(C)c1c(C(N)CC(=O)O)ncn1C. The lowest BCUT2D eigenvalue weighted by Crippen LogP contribution is -2.18. The summed E-state index contributed by atoms with van der Waals surface area (Å²) in [7, 11) is 1.89. The summed E-state index contributed by atoms with van der Waals surface area (Å²) in [6, 6.07) is -0.527. The molecule has 1 heterocycles. The van der Waals surface area contributed by atoms with Gasteiger partial charge in [0.15, 0.2) is 0 Å². The van der Waals surface area contributed by atoms with Gasteiger partial charge in [0.1, 0.15) is 0 Å². The van der Waals surface area contributed by atoms with Crippen LogP contribution in [0.25, 0.3) is 0 Å². The van der Waals surface area contributed by atoms with Gasteiger partial charge in [0.05, 0.1) is 24.5 Å². The largest absolute Gasteiger partial charge is 0.481 e. The predicted octanol–water partition coefficient (Wildman–Crippen LogP) is 1.02. The Morgan fingerprint density at radius 3 is 2.73 bits per heavy atom. The summed E-state index contributed by atoms with van der Waals surface area (Å²) in [6.45, 7) is 4.07. The average Bonchev–Trinajstić information content (AvgIpc) is 2.45. The molecule has 1 aromatic rings. The van der Waals surface area contributed by atoms with Gasteiger partial charge in [0, 0.05) is 12.7 Å². The first-order valence-electron chi connectivity index (χ1n) is 4.92. The minimum absolute atomic E-state index is 0.0866. The molecule has 0 amide bonds. The van der Waals surface area contributed by atoms with Crippen LogP contribution in [0, 0.1) is 0 Å². The molecule has 5 heteroatoms. The second-order valence-electron chi connectivity index (χ2n) is 3.99. The third-order valence-electron chi connectivity index (χ3n) is 2.31. The van der Waals surface area contributed by atoms with E-state index in [9.17, 15) is 4.79 Å². The number of aryl methyl sites for hydroxylation is 1. The van der Waals surface area contributed by atoms with Crippen LogP contribution in [0.1, 0.15) is 43.6 Å². The molecular formula is C10H17N3O2. The zero-order chi connectivity index (χ0) is 11.6. The summed E-state index contributed by atoms with van der Waals surface area (Å²) in [5.41, 5.74) is 7.48. The van der Waals surface area contributed by atoms with Crippen molar-refractivity contribution in [3.8, 4) is 0 Å². The van der Waals surface area contributed by atoms with Gasteiger partial charge in [-0.1, -0.05) is 13.8 Å². The molecule has 84 valence electrons. The average molecular weight is 211 g/mol. The lowest BCUT2D eigenvalue weighted by molar-refractivity contribution is -0.137. The molecule has 1 aromatic heterocycles. The van der Waals surface area contributed by atoms with E-state index in [4.69, 9.17) is 10.8 Å². The van der Waals surface area contributed by atoms with E-state index in [1.807, 2.05) is 25.5 Å². The molecule has 0 aromatic carbocycles. The summed E-state index contributed by atoms with van der Waals surface area (Å²) >= 11 is 0. The van der Waals surface area contributed by atoms with Crippen molar-refractivity contribution < 1.29 is 9.90 Å². The Kier molecular flexibility index (Phi) is 3.47. The molecule has 1 rings (SSSR count). The van der Waals surface area contributed by atoms with Crippen LogP contribution in [-0.2, 0) is 11.8 Å². The third-order valence-corrected chi connectivity index (χ3v) is 2.31. The molecule has 0 saturated carbocycles. The number of carboxylic acid groups (broad SMARTS) is 1. The third kappa shape index (κ3) is 2.56. The topological polar surface area (TPSA) is 81.1 Å². The number of aromatic nitrogens is 2. The van der Waals surface area contributed by atoms with Gasteiger partial charge in [-0.2, -0.15) is 0 Å². The fourth-order valence-corrected chi connectivity index (χ4v) is 1.73. The van der Waals surface area contributed by atoms with Crippen LogP contribution in [0.5, 0.6) is 0 Å². The summed E-state index contributed by atoms with van der Waals surface area (Å²) in [6.07, 6.45) is 1.59. The number of aliphatic carboxylic acids is 1. The van der Waals surface area contributed by atoms with E-state index in [0.29, 0.717) is 5.69 Å². The van der Waals surface area contributed by atoms with E-state index in [-0.39, 0.29) is 12.3 Å². The molecule has 3 N–H and O–H groups in total. The minimum atomic E-state index is -0.900. The van der Waals surface area contributed by atoms with E-state index >= 15 is 0 Å². The molecule has 0 saturated heterocycles. The Hall–Kier alpha value is -1.36. The van der Waals surface area contributed by atoms with E-state index in [0.717, 1.165) is 5.69 Å². The maximum Gasteiger partial charge on any atom is 0.305 e. The van der Waals surface area contributed by atoms with Gasteiger partial charge >= 0.3 is 5.97 Å². The van der Waals surface area contributed by atoms with Crippen molar-refractivity contribution in [3.63, 3.8) is 0 Å². The van der Waals surface area contributed by atoms with Crippen LogP contribution in [0.3, 0.4) is 0 Å². The smallest absolute Gasteiger partial charge is 0.305 e. The number of nitrogens with two attached hydrogens (primary N) is 1. The van der Waals surface area contributed by atoms with E-state index in [2.05, 4.69) is 4.98 Å². The van der Waals surface area contributed by atoms with Crippen LogP contribution < -0.4 is 5.73 Å². The summed E-state index contributed by atoms with van der Waals surface area (Å²) < 4.78 is 1.89. The number of imidazole rings is 1. The van der Waals surface area contributed by atoms with Crippen molar-refractivity contribution in [2.75, 3.05) is 0 Å². The quantitative estimate of drug-likeness (QED) is 0.779. The fraction of sp³-hybridized carbons (Fsp3) is 0.600. The number of rotatable bonds is 4. The number of carbonyl (C=O) groups is 1. The summed E-state index contributed by atoms with van der Waals surface area (Å²) in [5, 5.41) is 8.67. The number of hydrogen-bond acceptors (Lipinski definition) is 3. The fourth-order valence-electron chi connectivity index (χ4n) is 1.73. The molecule has 1 unspecified atom stereocenters. The molecule has 5 nitrogen and oxygen atoms in total. The maximum absolute atomic E-state index is 10.6. The molecule has 15 heavy (non-hydrogen) atoms. The van der Waals surface area contributed by atoms with Crippen LogP contribution in [0.4, 0.5) is 0 Å². The first-order valence-corrected chi connectivity index (χ1v) is 4.92. The Morgan fingerprint density at radius 1 is 1.67 bits per heavy atom. The van der Waals surface area contributed by atoms with Crippen molar-refractivity contribution in [1.82, 2.24) is 9.55 Å². The van der Waals surface area contributed by atoms with Crippen LogP contribution in [0.15, 0.2) is 6.33 Å². The molecule has 0 bridgehead atoms. The van der Waals surface area contributed by atoms with Gasteiger partial charge in [-0.15, -0.1) is 0 Å². The zero-order valence-corrected chi connectivity index (χ0v) is 9.27. The van der Waals surface area contributed by atoms with Crippen molar-refractivity contribution in [3.05, 3.63) is 17.7 Å². The van der Waals surface area contributed by atoms with Gasteiger partial charge in [0.2, 0.25) is 0 Å². The van der Waals surface area contributed by atoms with Crippen molar-refractivity contribution in [1.29, 1.82) is 0 Å². The Labute approximate surface area is 88.9 Å². The van der Waals surface area contributed by atoms with Crippen molar-refractivity contribution >= 4 is 5.97 Å². The number of hydrogen-bond donors (Lipinski definition) is 2. The zero-order valence-electron chi connectivity index (χ0n) is 9.27. The molecule has 0 aliphatic carbocycles. The van der Waals surface area contributed by atoms with E-state index in [1.54, 1.807) is 6.33 Å². The first kappa shape index (κ1) is 11.7. The highest BCUT2D eigenvalue weighted by Crippen LogP contribution is 2.23. The Bertz CT molecular complexity index is 358. The molecule has 0 fully saturated rings. The minimum Gasteiger partial charge on any atom is -0.481 e. The van der Waals surface area contributed by atoms with Crippen molar-refractivity contribution in [2.45, 2.75) is 32.2 Å². The van der Waals surface area contributed by atoms with Gasteiger partial charge in [0.25, 0.3) is 0 Å². The predicted molar refractivity (Wildman–Crippen MR) is 56.5 cm³/mol. The van der Waals surface area contributed by atoms with Crippen LogP contribution >= 0.6 is 0 Å². The first-order chi connectivity index (χ1) is 6.93. The Morgan fingerprint density at radius 2 is 2.27 bits per heavy atom. The van der Waals surface area contributed by atoms with Crippen LogP contribution in [0.2, 0.25) is 0 Å². The number of nitrogens with zero attached hydrogens (tertiary/aromatic N) is 2.